The van der Waals surface area contributed by atoms with Crippen LogP contribution in [0.4, 0.5) is 24.9 Å². The third kappa shape index (κ3) is 5.44. The van der Waals surface area contributed by atoms with Crippen molar-refractivity contribution in [2.24, 2.45) is 0 Å². The lowest BCUT2D eigenvalue weighted by atomic mass is 10.3. The van der Waals surface area contributed by atoms with Crippen LogP contribution in [-0.2, 0) is 9.53 Å². The highest BCUT2D eigenvalue weighted by molar-refractivity contribution is 5.71. The maximum atomic E-state index is 12.5. The first kappa shape index (κ1) is 23.1. The number of nitrogens with one attached hydrogen (secondary N) is 1. The van der Waals surface area contributed by atoms with E-state index in [-0.39, 0.29) is 34.2 Å². The normalized spacial score (nSPS) is 16.0. The molecule has 14 heteroatoms. The minimum Gasteiger partial charge on any atom is -0.739 e. The fraction of sp³-hybridized carbons (Fsp3) is 0.350. The topological polar surface area (TPSA) is 130 Å². The molecule has 1 aliphatic heterocycles. The summed E-state index contributed by atoms with van der Waals surface area (Å²) >= 11 is 0. The van der Waals surface area contributed by atoms with Crippen molar-refractivity contribution in [1.29, 1.82) is 0 Å². The molecule has 1 aliphatic rings. The standard InChI is InChI=1S/C20H19F3N6O5/c21-20(22,23)34-13-4-5-15-16(11-13)29(32)26-19(28(15)31)25-9-6-18(30)33-14-7-10-27(12-14)17-3-1-2-8-24-17/h1-5,8,11,14H,6-7,9-10,12H2,(H,25,26). The molecule has 0 aliphatic carbocycles. The Hall–Kier alpha value is -4.10. The molecule has 1 atom stereocenters. The van der Waals surface area contributed by atoms with E-state index in [1.807, 2.05) is 23.1 Å². The maximum absolute atomic E-state index is 12.5. The van der Waals surface area contributed by atoms with Gasteiger partial charge in [0.15, 0.2) is 5.52 Å². The first-order valence-electron chi connectivity index (χ1n) is 10.2. The molecule has 180 valence electrons. The Morgan fingerprint density at radius 3 is 2.79 bits per heavy atom. The third-order valence-electron chi connectivity index (χ3n) is 5.01. The van der Waals surface area contributed by atoms with Gasteiger partial charge in [0.1, 0.15) is 17.7 Å². The van der Waals surface area contributed by atoms with Gasteiger partial charge in [-0.05, 0) is 24.3 Å². The van der Waals surface area contributed by atoms with E-state index in [0.717, 1.165) is 24.0 Å². The minimum atomic E-state index is -4.95. The van der Waals surface area contributed by atoms with Gasteiger partial charge in [-0.25, -0.2) is 9.71 Å². The smallest absolute Gasteiger partial charge is 0.573 e. The van der Waals surface area contributed by atoms with Crippen LogP contribution < -0.4 is 24.5 Å². The van der Waals surface area contributed by atoms with Crippen LogP contribution in [0, 0.1) is 10.4 Å². The van der Waals surface area contributed by atoms with Gasteiger partial charge < -0.3 is 24.8 Å². The highest BCUT2D eigenvalue weighted by Gasteiger charge is 2.32. The fourth-order valence-electron chi connectivity index (χ4n) is 3.52. The summed E-state index contributed by atoms with van der Waals surface area (Å²) in [5.74, 6) is -0.777. The van der Waals surface area contributed by atoms with Crippen molar-refractivity contribution in [1.82, 2.24) is 10.1 Å². The van der Waals surface area contributed by atoms with Crippen LogP contribution in [-0.4, -0.2) is 48.2 Å². The van der Waals surface area contributed by atoms with E-state index in [2.05, 4.69) is 20.1 Å². The van der Waals surface area contributed by atoms with Crippen LogP contribution in [0.5, 0.6) is 5.75 Å². The Morgan fingerprint density at radius 1 is 1.24 bits per heavy atom. The second kappa shape index (κ2) is 9.41. The molecule has 1 saturated heterocycles. The SMILES string of the molecule is O=C(CCNc1n[n+]([O-])c2cc(OC(F)(F)F)ccc2[n+]1[O-])OC1CCN(c2ccccn2)C1. The van der Waals surface area contributed by atoms with E-state index in [1.165, 1.54) is 0 Å². The van der Waals surface area contributed by atoms with Gasteiger partial charge >= 0.3 is 23.8 Å². The predicted octanol–water partition coefficient (Wildman–Crippen LogP) is 1.42. The van der Waals surface area contributed by atoms with Gasteiger partial charge in [0, 0.05) is 24.0 Å². The summed E-state index contributed by atoms with van der Waals surface area (Å²) in [6, 6.07) is 8.22. The number of esters is 1. The maximum Gasteiger partial charge on any atom is 0.573 e. The number of anilines is 2. The van der Waals surface area contributed by atoms with Gasteiger partial charge in [-0.1, -0.05) is 6.07 Å². The zero-order valence-corrected chi connectivity index (χ0v) is 17.6. The molecule has 0 amide bonds. The Morgan fingerprint density at radius 2 is 2.06 bits per heavy atom. The van der Waals surface area contributed by atoms with Crippen LogP contribution in [0.3, 0.4) is 0 Å². The minimum absolute atomic E-state index is 0.00163. The molecule has 4 rings (SSSR count). The van der Waals surface area contributed by atoms with Crippen LogP contribution >= 0.6 is 0 Å². The summed E-state index contributed by atoms with van der Waals surface area (Å²) in [6.07, 6.45) is -3.01. The van der Waals surface area contributed by atoms with E-state index in [1.54, 1.807) is 6.20 Å². The second-order valence-corrected chi connectivity index (χ2v) is 7.40. The van der Waals surface area contributed by atoms with Crippen molar-refractivity contribution >= 4 is 28.8 Å². The van der Waals surface area contributed by atoms with Crippen molar-refractivity contribution in [3.8, 4) is 5.75 Å². The zero-order chi connectivity index (χ0) is 24.3. The summed E-state index contributed by atoms with van der Waals surface area (Å²) in [5.41, 5.74) is -0.648. The number of benzene rings is 1. The highest BCUT2D eigenvalue weighted by atomic mass is 19.4. The quantitative estimate of drug-likeness (QED) is 0.303. The number of carbonyl (C=O) groups is 1. The molecule has 2 aromatic heterocycles. The molecular formula is C20H19F3N6O5. The number of carbonyl (C=O) groups excluding carboxylic acids is 1. The molecule has 1 unspecified atom stereocenters. The first-order valence-corrected chi connectivity index (χ1v) is 10.2. The molecule has 0 bridgehead atoms. The molecule has 1 N–H and O–H groups in total. The van der Waals surface area contributed by atoms with Gasteiger partial charge in [0.25, 0.3) is 0 Å². The average Bonchev–Trinajstić information content (AvgIpc) is 3.25. The molecule has 34 heavy (non-hydrogen) atoms. The Kier molecular flexibility index (Phi) is 6.38. The molecular weight excluding hydrogens is 461 g/mol. The zero-order valence-electron chi connectivity index (χ0n) is 17.6. The van der Waals surface area contributed by atoms with Gasteiger partial charge in [-0.15, -0.1) is 13.2 Å². The van der Waals surface area contributed by atoms with Gasteiger partial charge in [0.05, 0.1) is 25.6 Å². The predicted molar refractivity (Wildman–Crippen MR) is 110 cm³/mol. The lowest BCUT2D eigenvalue weighted by Crippen LogP contribution is -2.44. The van der Waals surface area contributed by atoms with Crippen LogP contribution in [0.15, 0.2) is 42.6 Å². The summed E-state index contributed by atoms with van der Waals surface area (Å²) in [6.45, 7) is 1.16. The van der Waals surface area contributed by atoms with Crippen molar-refractivity contribution in [3.63, 3.8) is 0 Å². The molecule has 3 heterocycles. The van der Waals surface area contributed by atoms with Crippen molar-refractivity contribution in [3.05, 3.63) is 53.0 Å². The number of nitrogens with zero attached hydrogens (tertiary/aromatic N) is 5. The number of fused-ring (bicyclic) bond motifs is 1. The van der Waals surface area contributed by atoms with E-state index in [0.29, 0.717) is 19.5 Å². The van der Waals surface area contributed by atoms with Crippen molar-refractivity contribution < 1.29 is 37.0 Å². The summed E-state index contributed by atoms with van der Waals surface area (Å²) in [4.78, 5) is 18.4. The molecule has 3 aromatic rings. The summed E-state index contributed by atoms with van der Waals surface area (Å²) in [5, 5.41) is 30.6. The van der Waals surface area contributed by atoms with Gasteiger partial charge in [-0.2, -0.15) is 0 Å². The average molecular weight is 480 g/mol. The number of hydrogen-bond acceptors (Lipinski definition) is 9. The molecule has 0 spiro atoms. The third-order valence-corrected chi connectivity index (χ3v) is 5.01. The monoisotopic (exact) mass is 480 g/mol. The number of hydrogen-bond donors (Lipinski definition) is 1. The molecule has 1 aromatic carbocycles. The van der Waals surface area contributed by atoms with E-state index >= 15 is 0 Å². The molecule has 0 radical (unpaired) electrons. The highest BCUT2D eigenvalue weighted by Crippen LogP contribution is 2.24. The van der Waals surface area contributed by atoms with Crippen molar-refractivity contribution in [2.75, 3.05) is 29.9 Å². The van der Waals surface area contributed by atoms with Crippen LogP contribution in [0.1, 0.15) is 12.8 Å². The summed E-state index contributed by atoms with van der Waals surface area (Å²) in [7, 11) is 0. The summed E-state index contributed by atoms with van der Waals surface area (Å²) < 4.78 is 46.6. The lowest BCUT2D eigenvalue weighted by molar-refractivity contribution is -0.672. The number of halogens is 3. The van der Waals surface area contributed by atoms with Crippen molar-refractivity contribution in [2.45, 2.75) is 25.3 Å². The first-order chi connectivity index (χ1) is 16.2. The Bertz CT molecular complexity index is 1180. The van der Waals surface area contributed by atoms with E-state index < -0.39 is 29.5 Å². The number of rotatable bonds is 7. The van der Waals surface area contributed by atoms with Gasteiger partial charge in [0.2, 0.25) is 5.10 Å². The Labute approximate surface area is 190 Å². The number of alkyl halides is 3. The fourth-order valence-corrected chi connectivity index (χ4v) is 3.52. The number of aromatic nitrogens is 4. The number of ether oxygens (including phenoxy) is 2. The largest absolute Gasteiger partial charge is 0.739 e. The van der Waals surface area contributed by atoms with Gasteiger partial charge in [-0.3, -0.25) is 10.1 Å². The molecule has 11 nitrogen and oxygen atoms in total. The lowest BCUT2D eigenvalue weighted by Gasteiger charge is -2.17. The van der Waals surface area contributed by atoms with E-state index in [4.69, 9.17) is 4.74 Å². The second-order valence-electron chi connectivity index (χ2n) is 7.40. The van der Waals surface area contributed by atoms with Crippen LogP contribution in [0.25, 0.3) is 11.0 Å². The number of pyridine rings is 1. The van der Waals surface area contributed by atoms with E-state index in [9.17, 15) is 28.4 Å². The molecule has 0 saturated carbocycles. The Balaban J connectivity index is 1.32. The van der Waals surface area contributed by atoms with Crippen LogP contribution in [0.2, 0.25) is 0 Å². The molecule has 1 fully saturated rings.